The van der Waals surface area contributed by atoms with Crippen LogP contribution in [-0.2, 0) is 0 Å². The Labute approximate surface area is 130 Å². The lowest BCUT2D eigenvalue weighted by Gasteiger charge is -2.28. The van der Waals surface area contributed by atoms with Gasteiger partial charge in [-0.1, -0.05) is 18.2 Å². The minimum atomic E-state index is -0.231. The molecule has 0 spiro atoms. The standard InChI is InChI=1S/C18H18N2O2/c1-3-20-17-10-14(22-2)8-9-15(17)16(11-19)18(20)12-4-6-13(21)7-5-12/h4-10,16,18,21H,3H2,1-2H3. The smallest absolute Gasteiger partial charge is 0.120 e. The molecule has 0 bridgehead atoms. The SMILES string of the molecule is CCN1c2cc(OC)ccc2C(C#N)C1c1ccc(O)cc1. The van der Waals surface area contributed by atoms with E-state index in [0.717, 1.165) is 29.1 Å². The molecule has 1 heterocycles. The van der Waals surface area contributed by atoms with E-state index in [1.165, 1.54) is 0 Å². The molecule has 2 unspecified atom stereocenters. The lowest BCUT2D eigenvalue weighted by Crippen LogP contribution is -2.26. The summed E-state index contributed by atoms with van der Waals surface area (Å²) in [4.78, 5) is 2.22. The molecule has 0 aliphatic carbocycles. The summed E-state index contributed by atoms with van der Waals surface area (Å²) in [5, 5.41) is 19.2. The van der Waals surface area contributed by atoms with Crippen molar-refractivity contribution in [1.82, 2.24) is 0 Å². The number of phenolic OH excluding ortho intramolecular Hbond substituents is 1. The maximum absolute atomic E-state index is 9.68. The van der Waals surface area contributed by atoms with Crippen LogP contribution < -0.4 is 9.64 Å². The minimum absolute atomic E-state index is 0.0438. The molecule has 0 fully saturated rings. The van der Waals surface area contributed by atoms with Crippen LogP contribution in [0.15, 0.2) is 42.5 Å². The summed E-state index contributed by atoms with van der Waals surface area (Å²) in [6.45, 7) is 2.88. The Kier molecular flexibility index (Phi) is 3.64. The number of ether oxygens (including phenoxy) is 1. The van der Waals surface area contributed by atoms with Crippen molar-refractivity contribution in [2.75, 3.05) is 18.6 Å². The average Bonchev–Trinajstić information content (AvgIpc) is 2.87. The zero-order valence-electron chi connectivity index (χ0n) is 12.7. The van der Waals surface area contributed by atoms with Crippen LogP contribution in [-0.4, -0.2) is 18.8 Å². The first-order valence-electron chi connectivity index (χ1n) is 7.32. The highest BCUT2D eigenvalue weighted by atomic mass is 16.5. The predicted octanol–water partition coefficient (Wildman–Crippen LogP) is 3.59. The maximum Gasteiger partial charge on any atom is 0.120 e. The highest BCUT2D eigenvalue weighted by Crippen LogP contribution is 2.49. The molecule has 4 heteroatoms. The average molecular weight is 294 g/mol. The third-order valence-corrected chi connectivity index (χ3v) is 4.25. The van der Waals surface area contributed by atoms with Crippen LogP contribution in [0.2, 0.25) is 0 Å². The van der Waals surface area contributed by atoms with Crippen LogP contribution in [0, 0.1) is 11.3 Å². The zero-order chi connectivity index (χ0) is 15.7. The van der Waals surface area contributed by atoms with Gasteiger partial charge < -0.3 is 14.7 Å². The molecule has 1 N–H and O–H groups in total. The molecule has 3 rings (SSSR count). The van der Waals surface area contributed by atoms with Crippen molar-refractivity contribution in [2.45, 2.75) is 18.9 Å². The second kappa shape index (κ2) is 5.61. The summed E-state index contributed by atoms with van der Waals surface area (Å²) in [7, 11) is 1.65. The molecule has 1 aliphatic heterocycles. The maximum atomic E-state index is 9.68. The van der Waals surface area contributed by atoms with Gasteiger partial charge in [-0.15, -0.1) is 0 Å². The van der Waals surface area contributed by atoms with Crippen molar-refractivity contribution in [3.8, 4) is 17.6 Å². The van der Waals surface area contributed by atoms with Gasteiger partial charge in [0.05, 0.1) is 25.1 Å². The number of phenols is 1. The Hall–Kier alpha value is -2.67. The molecule has 0 aromatic heterocycles. The molecule has 2 aromatic rings. The Morgan fingerprint density at radius 2 is 1.95 bits per heavy atom. The largest absolute Gasteiger partial charge is 0.508 e. The van der Waals surface area contributed by atoms with Crippen molar-refractivity contribution in [3.05, 3.63) is 53.6 Å². The molecule has 0 radical (unpaired) electrons. The van der Waals surface area contributed by atoms with E-state index in [1.807, 2.05) is 30.3 Å². The predicted molar refractivity (Wildman–Crippen MR) is 85.2 cm³/mol. The Balaban J connectivity index is 2.11. The highest BCUT2D eigenvalue weighted by molar-refractivity contribution is 5.67. The molecule has 22 heavy (non-hydrogen) atoms. The topological polar surface area (TPSA) is 56.5 Å². The normalized spacial score (nSPS) is 19.6. The molecule has 112 valence electrons. The monoisotopic (exact) mass is 294 g/mol. The van der Waals surface area contributed by atoms with Crippen LogP contribution in [0.4, 0.5) is 5.69 Å². The lowest BCUT2D eigenvalue weighted by molar-refractivity contribution is 0.415. The van der Waals surface area contributed by atoms with E-state index in [9.17, 15) is 10.4 Å². The van der Waals surface area contributed by atoms with Gasteiger partial charge in [0.15, 0.2) is 0 Å². The van der Waals surface area contributed by atoms with Gasteiger partial charge in [0, 0.05) is 18.3 Å². The summed E-state index contributed by atoms with van der Waals surface area (Å²) in [6.07, 6.45) is 0. The first-order valence-corrected chi connectivity index (χ1v) is 7.32. The number of methoxy groups -OCH3 is 1. The number of rotatable bonds is 3. The summed E-state index contributed by atoms with van der Waals surface area (Å²) in [5.41, 5.74) is 3.11. The van der Waals surface area contributed by atoms with E-state index in [-0.39, 0.29) is 17.7 Å². The first-order chi connectivity index (χ1) is 10.7. The fourth-order valence-electron chi connectivity index (χ4n) is 3.21. The van der Waals surface area contributed by atoms with Crippen molar-refractivity contribution in [3.63, 3.8) is 0 Å². The number of benzene rings is 2. The summed E-state index contributed by atoms with van der Waals surface area (Å²) < 4.78 is 5.32. The van der Waals surface area contributed by atoms with Gasteiger partial charge in [0.2, 0.25) is 0 Å². The van der Waals surface area contributed by atoms with Gasteiger partial charge in [-0.3, -0.25) is 0 Å². The van der Waals surface area contributed by atoms with Crippen LogP contribution in [0.5, 0.6) is 11.5 Å². The number of likely N-dealkylation sites (N-methyl/N-ethyl adjacent to an activating group) is 1. The fourth-order valence-corrected chi connectivity index (χ4v) is 3.21. The zero-order valence-corrected chi connectivity index (χ0v) is 12.7. The van der Waals surface area contributed by atoms with Gasteiger partial charge >= 0.3 is 0 Å². The molecule has 2 atom stereocenters. The number of nitriles is 1. The second-order valence-electron chi connectivity index (χ2n) is 5.35. The fraction of sp³-hybridized carbons (Fsp3) is 0.278. The summed E-state index contributed by atoms with van der Waals surface area (Å²) >= 11 is 0. The van der Waals surface area contributed by atoms with E-state index < -0.39 is 0 Å². The molecular weight excluding hydrogens is 276 g/mol. The van der Waals surface area contributed by atoms with Gasteiger partial charge in [0.25, 0.3) is 0 Å². The number of hydrogen-bond acceptors (Lipinski definition) is 4. The van der Waals surface area contributed by atoms with Crippen LogP contribution in [0.1, 0.15) is 30.0 Å². The van der Waals surface area contributed by atoms with Gasteiger partial charge in [-0.2, -0.15) is 5.26 Å². The molecule has 1 aliphatic rings. The Morgan fingerprint density at radius 1 is 1.23 bits per heavy atom. The van der Waals surface area contributed by atoms with E-state index in [0.29, 0.717) is 0 Å². The quantitative estimate of drug-likeness (QED) is 0.940. The van der Waals surface area contributed by atoms with E-state index in [4.69, 9.17) is 4.74 Å². The van der Waals surface area contributed by atoms with E-state index in [2.05, 4.69) is 17.9 Å². The molecule has 4 nitrogen and oxygen atoms in total. The van der Waals surface area contributed by atoms with Gasteiger partial charge in [0.1, 0.15) is 11.5 Å². The van der Waals surface area contributed by atoms with Crippen LogP contribution in [0.3, 0.4) is 0 Å². The molecule has 0 amide bonds. The van der Waals surface area contributed by atoms with Gasteiger partial charge in [-0.25, -0.2) is 0 Å². The molecule has 0 saturated heterocycles. The Morgan fingerprint density at radius 3 is 2.55 bits per heavy atom. The summed E-state index contributed by atoms with van der Waals surface area (Å²) in [6, 6.07) is 15.4. The van der Waals surface area contributed by atoms with Crippen molar-refractivity contribution < 1.29 is 9.84 Å². The number of anilines is 1. The first kappa shape index (κ1) is 14.3. The third-order valence-electron chi connectivity index (χ3n) is 4.25. The van der Waals surface area contributed by atoms with Crippen molar-refractivity contribution >= 4 is 5.69 Å². The van der Waals surface area contributed by atoms with Crippen LogP contribution in [0.25, 0.3) is 0 Å². The molecule has 0 saturated carbocycles. The van der Waals surface area contributed by atoms with Gasteiger partial charge in [-0.05, 0) is 36.2 Å². The number of aromatic hydroxyl groups is 1. The molecule has 2 aromatic carbocycles. The third kappa shape index (κ3) is 2.15. The second-order valence-corrected chi connectivity index (χ2v) is 5.35. The van der Waals surface area contributed by atoms with Crippen LogP contribution >= 0.6 is 0 Å². The summed E-state index contributed by atoms with van der Waals surface area (Å²) in [5.74, 6) is 0.795. The van der Waals surface area contributed by atoms with E-state index in [1.54, 1.807) is 19.2 Å². The minimum Gasteiger partial charge on any atom is -0.508 e. The Bertz CT molecular complexity index is 719. The number of nitrogens with zero attached hydrogens (tertiary/aromatic N) is 2. The van der Waals surface area contributed by atoms with Crippen molar-refractivity contribution in [2.24, 2.45) is 0 Å². The van der Waals surface area contributed by atoms with E-state index >= 15 is 0 Å². The van der Waals surface area contributed by atoms with Crippen molar-refractivity contribution in [1.29, 1.82) is 5.26 Å². The number of hydrogen-bond donors (Lipinski definition) is 1. The highest BCUT2D eigenvalue weighted by Gasteiger charge is 2.39. The number of fused-ring (bicyclic) bond motifs is 1. The molecular formula is C18H18N2O2. The lowest BCUT2D eigenvalue weighted by atomic mass is 9.91.